The van der Waals surface area contributed by atoms with Crippen LogP contribution in [-0.4, -0.2) is 18.2 Å². The molecule has 1 aromatic rings. The number of nitrogens with two attached hydrogens (primary N) is 1. The van der Waals surface area contributed by atoms with Crippen molar-refractivity contribution in [1.29, 1.82) is 0 Å². The summed E-state index contributed by atoms with van der Waals surface area (Å²) in [6, 6.07) is 11.1. The van der Waals surface area contributed by atoms with Crippen LogP contribution in [-0.2, 0) is 10.2 Å². The zero-order valence-electron chi connectivity index (χ0n) is 17.0. The number of carbonyl (C=O) groups excluding carboxylic acids is 1. The number of terminal acetylenes is 1. The summed E-state index contributed by atoms with van der Waals surface area (Å²) < 4.78 is 0. The molecule has 3 nitrogen and oxygen atoms in total. The highest BCUT2D eigenvalue weighted by Gasteiger charge is 2.69. The predicted molar refractivity (Wildman–Crippen MR) is 116 cm³/mol. The molecule has 6 rings (SSSR count). The number of carbonyl (C=O) groups is 1. The Labute approximate surface area is 173 Å². The van der Waals surface area contributed by atoms with Gasteiger partial charge in [-0.05, 0) is 86.2 Å². The van der Waals surface area contributed by atoms with Crippen LogP contribution in [0.1, 0.15) is 56.9 Å². The quantitative estimate of drug-likeness (QED) is 0.618. The average Bonchev–Trinajstić information content (AvgIpc) is 3.11. The molecule has 1 amide bonds. The standard InChI is InChI=1S/C26H30N2O/c1-2-6-22-19-13-25(20-7-4-3-5-8-20)15-23(22)26(14-19,17-25)24(29)28-16-18-9-11-21(27)12-10-18/h1,3-8,16,18-19,21,23H,9-15,17,27H2/b22-6-,28-16?. The highest BCUT2D eigenvalue weighted by atomic mass is 16.1. The Morgan fingerprint density at radius 3 is 2.62 bits per heavy atom. The van der Waals surface area contributed by atoms with E-state index in [1.807, 2.05) is 12.3 Å². The molecule has 0 aliphatic heterocycles. The van der Waals surface area contributed by atoms with Gasteiger partial charge in [-0.3, -0.25) is 4.79 Å². The van der Waals surface area contributed by atoms with Gasteiger partial charge in [-0.2, -0.15) is 0 Å². The van der Waals surface area contributed by atoms with Crippen LogP contribution >= 0.6 is 0 Å². The first-order valence-electron chi connectivity index (χ1n) is 11.1. The first kappa shape index (κ1) is 18.8. The van der Waals surface area contributed by atoms with E-state index in [-0.39, 0.29) is 22.7 Å². The van der Waals surface area contributed by atoms with Crippen LogP contribution < -0.4 is 5.73 Å². The maximum absolute atomic E-state index is 13.5. The summed E-state index contributed by atoms with van der Waals surface area (Å²) in [7, 11) is 0. The van der Waals surface area contributed by atoms with Crippen molar-refractivity contribution >= 4 is 12.1 Å². The number of allylic oxidation sites excluding steroid dienone is 2. The number of aliphatic imine (C=N–C) groups is 1. The molecule has 4 bridgehead atoms. The molecule has 5 aliphatic carbocycles. The number of hydrogen-bond donors (Lipinski definition) is 1. The highest BCUT2D eigenvalue weighted by Crippen LogP contribution is 2.72. The summed E-state index contributed by atoms with van der Waals surface area (Å²) in [4.78, 5) is 18.1. The van der Waals surface area contributed by atoms with Crippen molar-refractivity contribution in [3.8, 4) is 12.3 Å². The lowest BCUT2D eigenvalue weighted by molar-refractivity contribution is -0.129. The minimum absolute atomic E-state index is 0.0975. The van der Waals surface area contributed by atoms with E-state index in [1.54, 1.807) is 0 Å². The molecule has 2 N–H and O–H groups in total. The largest absolute Gasteiger partial charge is 0.328 e. The van der Waals surface area contributed by atoms with Gasteiger partial charge in [0.2, 0.25) is 0 Å². The third-order valence-corrected chi connectivity index (χ3v) is 8.32. The van der Waals surface area contributed by atoms with Crippen LogP contribution in [0, 0.1) is 35.5 Å². The van der Waals surface area contributed by atoms with Gasteiger partial charge >= 0.3 is 0 Å². The first-order valence-corrected chi connectivity index (χ1v) is 11.1. The van der Waals surface area contributed by atoms with E-state index in [1.165, 1.54) is 11.1 Å². The molecule has 5 fully saturated rings. The lowest BCUT2D eigenvalue weighted by Gasteiger charge is -2.41. The zero-order chi connectivity index (χ0) is 20.1. The van der Waals surface area contributed by atoms with Crippen LogP contribution in [0.5, 0.6) is 0 Å². The van der Waals surface area contributed by atoms with Gasteiger partial charge in [-0.1, -0.05) is 41.8 Å². The second kappa shape index (κ2) is 6.96. The summed E-state index contributed by atoms with van der Waals surface area (Å²) in [6.45, 7) is 0. The van der Waals surface area contributed by atoms with E-state index in [2.05, 4.69) is 41.2 Å². The lowest BCUT2D eigenvalue weighted by Crippen LogP contribution is -2.37. The van der Waals surface area contributed by atoms with E-state index in [0.29, 0.717) is 17.9 Å². The Kier molecular flexibility index (Phi) is 4.51. The van der Waals surface area contributed by atoms with Gasteiger partial charge in [0.05, 0.1) is 5.41 Å². The molecule has 0 spiro atoms. The van der Waals surface area contributed by atoms with Crippen molar-refractivity contribution in [2.24, 2.45) is 33.9 Å². The van der Waals surface area contributed by atoms with Crippen molar-refractivity contribution in [3.63, 3.8) is 0 Å². The minimum Gasteiger partial charge on any atom is -0.328 e. The molecule has 3 heteroatoms. The van der Waals surface area contributed by atoms with E-state index < -0.39 is 0 Å². The SMILES string of the molecule is C#C/C=C1/C2CC3(c4ccccc4)CC1C(C(=O)N=CC1CCC(N)CC1)(C2)C3. The average molecular weight is 387 g/mol. The fourth-order valence-electron chi connectivity index (χ4n) is 7.05. The second-order valence-corrected chi connectivity index (χ2v) is 9.91. The van der Waals surface area contributed by atoms with E-state index in [4.69, 9.17) is 12.2 Å². The third kappa shape index (κ3) is 2.92. The van der Waals surface area contributed by atoms with Crippen LogP contribution in [0.15, 0.2) is 47.0 Å². The Bertz CT molecular complexity index is 902. The Balaban J connectivity index is 1.45. The van der Waals surface area contributed by atoms with Gasteiger partial charge in [0.15, 0.2) is 0 Å². The maximum Gasteiger partial charge on any atom is 0.252 e. The van der Waals surface area contributed by atoms with Crippen LogP contribution in [0.3, 0.4) is 0 Å². The fraction of sp³-hybridized carbons (Fsp3) is 0.538. The molecular formula is C26H30N2O. The highest BCUT2D eigenvalue weighted by molar-refractivity contribution is 5.92. The molecule has 0 heterocycles. The van der Waals surface area contributed by atoms with Crippen molar-refractivity contribution in [2.75, 3.05) is 0 Å². The van der Waals surface area contributed by atoms with E-state index >= 15 is 0 Å². The van der Waals surface area contributed by atoms with Gasteiger partial charge in [-0.15, -0.1) is 6.42 Å². The summed E-state index contributed by atoms with van der Waals surface area (Å²) in [5.74, 6) is 3.92. The Morgan fingerprint density at radius 2 is 1.90 bits per heavy atom. The molecular weight excluding hydrogens is 356 g/mol. The molecule has 4 unspecified atom stereocenters. The van der Waals surface area contributed by atoms with E-state index in [0.717, 1.165) is 51.4 Å². The predicted octanol–water partition coefficient (Wildman–Crippen LogP) is 4.42. The molecule has 0 radical (unpaired) electrons. The van der Waals surface area contributed by atoms with Crippen molar-refractivity contribution < 1.29 is 4.79 Å². The Morgan fingerprint density at radius 1 is 1.14 bits per heavy atom. The lowest BCUT2D eigenvalue weighted by atomic mass is 9.63. The molecule has 1 aromatic carbocycles. The van der Waals surface area contributed by atoms with Crippen molar-refractivity contribution in [3.05, 3.63) is 47.5 Å². The molecule has 0 saturated heterocycles. The topological polar surface area (TPSA) is 55.5 Å². The second-order valence-electron chi connectivity index (χ2n) is 9.91. The van der Waals surface area contributed by atoms with E-state index in [9.17, 15) is 4.79 Å². The van der Waals surface area contributed by atoms with Gasteiger partial charge < -0.3 is 5.73 Å². The summed E-state index contributed by atoms with van der Waals surface area (Å²) >= 11 is 0. The number of amides is 1. The molecule has 5 saturated carbocycles. The van der Waals surface area contributed by atoms with Gasteiger partial charge in [0.25, 0.3) is 5.91 Å². The molecule has 0 aromatic heterocycles. The summed E-state index contributed by atoms with van der Waals surface area (Å²) in [5.41, 5.74) is 8.48. The van der Waals surface area contributed by atoms with Crippen LogP contribution in [0.4, 0.5) is 0 Å². The fourth-order valence-corrected chi connectivity index (χ4v) is 7.05. The van der Waals surface area contributed by atoms with Gasteiger partial charge in [0.1, 0.15) is 0 Å². The monoisotopic (exact) mass is 386 g/mol. The van der Waals surface area contributed by atoms with Gasteiger partial charge in [0, 0.05) is 12.3 Å². The number of nitrogens with zero attached hydrogens (tertiary/aromatic N) is 1. The summed E-state index contributed by atoms with van der Waals surface area (Å²) in [6.07, 6.45) is 17.7. The number of hydrogen-bond acceptors (Lipinski definition) is 2. The Hall–Kier alpha value is -2.18. The first-order chi connectivity index (χ1) is 14.1. The summed E-state index contributed by atoms with van der Waals surface area (Å²) in [5, 5.41) is 0. The van der Waals surface area contributed by atoms with Crippen molar-refractivity contribution in [1.82, 2.24) is 0 Å². The third-order valence-electron chi connectivity index (χ3n) is 8.32. The van der Waals surface area contributed by atoms with Crippen molar-refractivity contribution in [2.45, 2.75) is 62.8 Å². The zero-order valence-corrected chi connectivity index (χ0v) is 17.0. The molecule has 4 atom stereocenters. The molecule has 29 heavy (non-hydrogen) atoms. The molecule has 150 valence electrons. The maximum atomic E-state index is 13.5. The smallest absolute Gasteiger partial charge is 0.252 e. The van der Waals surface area contributed by atoms with Gasteiger partial charge in [-0.25, -0.2) is 4.99 Å². The number of benzene rings is 1. The van der Waals surface area contributed by atoms with Crippen LogP contribution in [0.2, 0.25) is 0 Å². The normalized spacial score (nSPS) is 41.9. The molecule has 5 aliphatic rings. The number of rotatable bonds is 3. The van der Waals surface area contributed by atoms with Crippen LogP contribution in [0.25, 0.3) is 0 Å². The minimum atomic E-state index is -0.358.